The van der Waals surface area contributed by atoms with Gasteiger partial charge in [-0.3, -0.25) is 14.9 Å². The molecule has 2 aromatic heterocycles. The number of esters is 1. The van der Waals surface area contributed by atoms with Crippen molar-refractivity contribution < 1.29 is 32.2 Å². The zero-order valence-electron chi connectivity index (χ0n) is 19.2. The fraction of sp³-hybridized carbons (Fsp3) is 0.208. The van der Waals surface area contributed by atoms with Crippen molar-refractivity contribution in [3.05, 3.63) is 60.4 Å². The van der Waals surface area contributed by atoms with E-state index in [0.29, 0.717) is 27.2 Å². The van der Waals surface area contributed by atoms with E-state index < -0.39 is 29.2 Å². The Balaban J connectivity index is 1.56. The number of aromatic nitrogens is 3. The molecule has 4 rings (SSSR count). The van der Waals surface area contributed by atoms with Gasteiger partial charge in [-0.15, -0.1) is 0 Å². The fourth-order valence-electron chi connectivity index (χ4n) is 3.21. The Labute approximate surface area is 207 Å². The molecule has 186 valence electrons. The predicted octanol–water partition coefficient (Wildman–Crippen LogP) is 5.84. The molecule has 0 spiro atoms. The minimum Gasteiger partial charge on any atom is -0.450 e. The summed E-state index contributed by atoms with van der Waals surface area (Å²) >= 11 is 1.20. The van der Waals surface area contributed by atoms with E-state index in [4.69, 9.17) is 9.47 Å². The van der Waals surface area contributed by atoms with Gasteiger partial charge in [0.25, 0.3) is 5.91 Å². The third-order valence-corrected chi connectivity index (χ3v) is 5.85. The summed E-state index contributed by atoms with van der Waals surface area (Å²) in [4.78, 5) is 36.4. The Morgan fingerprint density at radius 1 is 1.03 bits per heavy atom. The highest BCUT2D eigenvalue weighted by Gasteiger charge is 2.32. The number of nitrogens with zero attached hydrogens (tertiary/aromatic N) is 3. The molecule has 4 aromatic rings. The molecule has 0 aliphatic carbocycles. The van der Waals surface area contributed by atoms with Crippen molar-refractivity contribution in [2.24, 2.45) is 0 Å². The van der Waals surface area contributed by atoms with E-state index in [1.807, 2.05) is 0 Å². The van der Waals surface area contributed by atoms with Crippen LogP contribution >= 0.6 is 11.3 Å². The summed E-state index contributed by atoms with van der Waals surface area (Å²) in [7, 11) is 0. The highest BCUT2D eigenvalue weighted by Crippen LogP contribution is 2.35. The van der Waals surface area contributed by atoms with Crippen LogP contribution in [0, 0.1) is 0 Å². The lowest BCUT2D eigenvalue weighted by atomic mass is 10.1. The molecule has 0 unspecified atom stereocenters. The molecule has 0 saturated heterocycles. The van der Waals surface area contributed by atoms with Crippen molar-refractivity contribution in [2.45, 2.75) is 32.5 Å². The van der Waals surface area contributed by atoms with Gasteiger partial charge in [-0.05, 0) is 38.1 Å². The van der Waals surface area contributed by atoms with Crippen LogP contribution in [0.4, 0.5) is 18.3 Å². The number of halogens is 3. The standard InChI is InChI=1S/C24H19F3N4O4S/c1-13(32)35-23(2,3)21(33)31-22-30-20-17(5-4-6-18(20)36-22)34-19-11-16(28-12-29-19)14-7-9-15(10-8-14)24(25,26)27/h4-12H,1-3H3,(H,30,31,33). The van der Waals surface area contributed by atoms with Crippen molar-refractivity contribution in [1.29, 1.82) is 0 Å². The summed E-state index contributed by atoms with van der Waals surface area (Å²) in [5.74, 6) is -0.630. The number of benzene rings is 2. The number of hydrogen-bond donors (Lipinski definition) is 1. The molecule has 8 nitrogen and oxygen atoms in total. The number of anilines is 1. The largest absolute Gasteiger partial charge is 0.450 e. The number of carbonyl (C=O) groups is 2. The van der Waals surface area contributed by atoms with Crippen LogP contribution in [0.3, 0.4) is 0 Å². The number of para-hydroxylation sites is 1. The molecular weight excluding hydrogens is 497 g/mol. The predicted molar refractivity (Wildman–Crippen MR) is 127 cm³/mol. The average molecular weight is 517 g/mol. The topological polar surface area (TPSA) is 103 Å². The smallest absolute Gasteiger partial charge is 0.416 e. The summed E-state index contributed by atoms with van der Waals surface area (Å²) in [6.45, 7) is 4.15. The number of carbonyl (C=O) groups excluding carboxylic acids is 2. The second-order valence-electron chi connectivity index (χ2n) is 8.10. The van der Waals surface area contributed by atoms with Gasteiger partial charge in [0, 0.05) is 18.6 Å². The molecule has 0 fully saturated rings. The van der Waals surface area contributed by atoms with E-state index >= 15 is 0 Å². The van der Waals surface area contributed by atoms with E-state index in [9.17, 15) is 22.8 Å². The van der Waals surface area contributed by atoms with Crippen molar-refractivity contribution in [2.75, 3.05) is 5.32 Å². The van der Waals surface area contributed by atoms with Crippen LogP contribution in [0.2, 0.25) is 0 Å². The number of nitrogens with one attached hydrogen (secondary N) is 1. The summed E-state index contributed by atoms with van der Waals surface area (Å²) in [6, 6.07) is 11.3. The quantitative estimate of drug-likeness (QED) is 0.321. The van der Waals surface area contributed by atoms with E-state index in [-0.39, 0.29) is 11.0 Å². The minimum absolute atomic E-state index is 0.155. The molecule has 0 bridgehead atoms. The molecule has 2 aromatic carbocycles. The van der Waals surface area contributed by atoms with Crippen LogP contribution in [0.15, 0.2) is 54.9 Å². The molecular formula is C24H19F3N4O4S. The zero-order chi connectivity index (χ0) is 26.1. The van der Waals surface area contributed by atoms with Gasteiger partial charge in [-0.2, -0.15) is 13.2 Å². The number of ether oxygens (including phenoxy) is 2. The van der Waals surface area contributed by atoms with Gasteiger partial charge in [-0.25, -0.2) is 15.0 Å². The van der Waals surface area contributed by atoms with Gasteiger partial charge in [0.2, 0.25) is 5.88 Å². The van der Waals surface area contributed by atoms with Gasteiger partial charge in [0.05, 0.1) is 16.0 Å². The minimum atomic E-state index is -4.43. The van der Waals surface area contributed by atoms with Gasteiger partial charge in [-0.1, -0.05) is 29.5 Å². The Morgan fingerprint density at radius 3 is 2.42 bits per heavy atom. The Morgan fingerprint density at radius 2 is 1.75 bits per heavy atom. The molecule has 12 heteroatoms. The maximum atomic E-state index is 12.8. The van der Waals surface area contributed by atoms with Gasteiger partial charge in [0.15, 0.2) is 16.5 Å². The molecule has 0 radical (unpaired) electrons. The SMILES string of the molecule is CC(=O)OC(C)(C)C(=O)Nc1nc2c(Oc3cc(-c4ccc(C(F)(F)F)cc4)ncn3)cccc2s1. The van der Waals surface area contributed by atoms with Crippen LogP contribution < -0.4 is 10.1 Å². The first-order valence-corrected chi connectivity index (χ1v) is 11.3. The lowest BCUT2D eigenvalue weighted by Gasteiger charge is -2.22. The van der Waals surface area contributed by atoms with Crippen LogP contribution in [-0.2, 0) is 20.5 Å². The van der Waals surface area contributed by atoms with E-state index in [1.165, 1.54) is 56.6 Å². The highest BCUT2D eigenvalue weighted by molar-refractivity contribution is 7.22. The zero-order valence-corrected chi connectivity index (χ0v) is 20.0. The van der Waals surface area contributed by atoms with Crippen LogP contribution in [0.1, 0.15) is 26.3 Å². The molecule has 1 amide bonds. The van der Waals surface area contributed by atoms with Crippen LogP contribution in [0.5, 0.6) is 11.6 Å². The summed E-state index contributed by atoms with van der Waals surface area (Å²) in [6.07, 6.45) is -3.19. The van der Waals surface area contributed by atoms with E-state index in [0.717, 1.165) is 12.1 Å². The normalized spacial score (nSPS) is 11.8. The molecule has 0 aliphatic rings. The molecule has 0 saturated carbocycles. The highest BCUT2D eigenvalue weighted by atomic mass is 32.1. The Kier molecular flexibility index (Phi) is 6.63. The van der Waals surface area contributed by atoms with Gasteiger partial charge >= 0.3 is 12.1 Å². The van der Waals surface area contributed by atoms with Crippen molar-refractivity contribution >= 4 is 38.6 Å². The van der Waals surface area contributed by atoms with E-state index in [1.54, 1.807) is 18.2 Å². The second-order valence-corrected chi connectivity index (χ2v) is 9.13. The van der Waals surface area contributed by atoms with Gasteiger partial charge < -0.3 is 9.47 Å². The number of thiazole rings is 1. The average Bonchev–Trinajstić information content (AvgIpc) is 3.21. The summed E-state index contributed by atoms with van der Waals surface area (Å²) < 4.78 is 50.2. The number of fused-ring (bicyclic) bond motifs is 1. The van der Waals surface area contributed by atoms with Crippen molar-refractivity contribution in [3.63, 3.8) is 0 Å². The maximum absolute atomic E-state index is 12.8. The molecule has 2 heterocycles. The first-order chi connectivity index (χ1) is 16.9. The number of amides is 1. The summed E-state index contributed by atoms with van der Waals surface area (Å²) in [5, 5.41) is 2.92. The third-order valence-electron chi connectivity index (χ3n) is 4.91. The summed E-state index contributed by atoms with van der Waals surface area (Å²) in [5.41, 5.74) is -0.857. The molecule has 1 N–H and O–H groups in total. The fourth-order valence-corrected chi connectivity index (χ4v) is 4.09. The van der Waals surface area contributed by atoms with Crippen LogP contribution in [0.25, 0.3) is 21.5 Å². The second kappa shape index (κ2) is 9.53. The Bertz CT molecular complexity index is 1440. The monoisotopic (exact) mass is 516 g/mol. The first kappa shape index (κ1) is 25.0. The van der Waals surface area contributed by atoms with Crippen LogP contribution in [-0.4, -0.2) is 32.4 Å². The lowest BCUT2D eigenvalue weighted by Crippen LogP contribution is -2.41. The number of rotatable bonds is 6. The third kappa shape index (κ3) is 5.60. The lowest BCUT2D eigenvalue weighted by molar-refractivity contribution is -0.160. The van der Waals surface area contributed by atoms with Crippen molar-refractivity contribution in [1.82, 2.24) is 15.0 Å². The van der Waals surface area contributed by atoms with Crippen molar-refractivity contribution in [3.8, 4) is 22.9 Å². The number of alkyl halides is 3. The molecule has 0 aliphatic heterocycles. The van der Waals surface area contributed by atoms with E-state index in [2.05, 4.69) is 20.3 Å². The molecule has 0 atom stereocenters. The number of hydrogen-bond acceptors (Lipinski definition) is 8. The molecule has 36 heavy (non-hydrogen) atoms. The Hall–Kier alpha value is -4.06. The first-order valence-electron chi connectivity index (χ1n) is 10.5. The van der Waals surface area contributed by atoms with Gasteiger partial charge in [0.1, 0.15) is 11.8 Å². The maximum Gasteiger partial charge on any atom is 0.416 e.